The molecular weight excluding hydrogens is 210 g/mol. The first kappa shape index (κ1) is 14.9. The van der Waals surface area contributed by atoms with Gasteiger partial charge in [0.2, 0.25) is 0 Å². The van der Waals surface area contributed by atoms with Crippen molar-refractivity contribution in [3.63, 3.8) is 0 Å². The van der Waals surface area contributed by atoms with Gasteiger partial charge in [-0.1, -0.05) is 13.8 Å². The van der Waals surface area contributed by atoms with Gasteiger partial charge >= 0.3 is 0 Å². The third kappa shape index (κ3) is 5.84. The number of hydrogen-bond acceptors (Lipinski definition) is 3. The van der Waals surface area contributed by atoms with Crippen LogP contribution in [0.25, 0.3) is 0 Å². The quantitative estimate of drug-likeness (QED) is 0.684. The molecule has 17 heavy (non-hydrogen) atoms. The molecule has 1 aliphatic rings. The number of nitrogens with one attached hydrogen (secondary N) is 1. The van der Waals surface area contributed by atoms with Crippen LogP contribution >= 0.6 is 0 Å². The Balaban J connectivity index is 2.12. The van der Waals surface area contributed by atoms with E-state index in [0.29, 0.717) is 0 Å². The Kier molecular flexibility index (Phi) is 7.09. The summed E-state index contributed by atoms with van der Waals surface area (Å²) in [7, 11) is 4.31. The highest BCUT2D eigenvalue weighted by atomic mass is 15.1. The van der Waals surface area contributed by atoms with Crippen LogP contribution < -0.4 is 5.32 Å². The van der Waals surface area contributed by atoms with Crippen molar-refractivity contribution in [2.24, 2.45) is 5.92 Å². The summed E-state index contributed by atoms with van der Waals surface area (Å²) >= 11 is 0. The summed E-state index contributed by atoms with van der Waals surface area (Å²) in [5.74, 6) is 0.803. The molecule has 0 amide bonds. The van der Waals surface area contributed by atoms with Crippen LogP contribution in [0.5, 0.6) is 0 Å². The van der Waals surface area contributed by atoms with Gasteiger partial charge in [0.25, 0.3) is 0 Å². The molecule has 1 heterocycles. The lowest BCUT2D eigenvalue weighted by molar-refractivity contribution is 0.145. The molecule has 3 nitrogen and oxygen atoms in total. The average Bonchev–Trinajstić information content (AvgIpc) is 2.28. The van der Waals surface area contributed by atoms with E-state index in [4.69, 9.17) is 0 Å². The zero-order valence-electron chi connectivity index (χ0n) is 12.2. The fourth-order valence-electron chi connectivity index (χ4n) is 2.76. The maximum absolute atomic E-state index is 3.60. The molecule has 1 N–H and O–H groups in total. The molecule has 1 saturated heterocycles. The van der Waals surface area contributed by atoms with Crippen molar-refractivity contribution in [1.29, 1.82) is 0 Å². The largest absolute Gasteiger partial charge is 0.314 e. The van der Waals surface area contributed by atoms with Crippen LogP contribution in [0.1, 0.15) is 33.1 Å². The van der Waals surface area contributed by atoms with Crippen LogP contribution in [0.4, 0.5) is 0 Å². The highest BCUT2D eigenvalue weighted by Crippen LogP contribution is 2.17. The molecule has 1 fully saturated rings. The van der Waals surface area contributed by atoms with Gasteiger partial charge < -0.3 is 15.1 Å². The summed E-state index contributed by atoms with van der Waals surface area (Å²) in [5, 5.41) is 3.60. The Morgan fingerprint density at radius 1 is 1.29 bits per heavy atom. The van der Waals surface area contributed by atoms with Crippen molar-refractivity contribution >= 4 is 0 Å². The Morgan fingerprint density at radius 3 is 2.65 bits per heavy atom. The topological polar surface area (TPSA) is 18.5 Å². The summed E-state index contributed by atoms with van der Waals surface area (Å²) in [6.45, 7) is 10.8. The molecule has 102 valence electrons. The van der Waals surface area contributed by atoms with Crippen LogP contribution in [0.3, 0.4) is 0 Å². The SMILES string of the molecule is CCNC1CCN(CCCCN(C)C)CC1C. The van der Waals surface area contributed by atoms with Gasteiger partial charge in [-0.05, 0) is 65.5 Å². The second-order valence-electron chi connectivity index (χ2n) is 5.74. The van der Waals surface area contributed by atoms with Crippen molar-refractivity contribution in [2.45, 2.75) is 39.2 Å². The lowest BCUT2D eigenvalue weighted by Gasteiger charge is -2.37. The van der Waals surface area contributed by atoms with Crippen molar-refractivity contribution in [3.8, 4) is 0 Å². The van der Waals surface area contributed by atoms with Gasteiger partial charge in [0.1, 0.15) is 0 Å². The highest BCUT2D eigenvalue weighted by Gasteiger charge is 2.24. The maximum Gasteiger partial charge on any atom is 0.0117 e. The molecular formula is C14H31N3. The predicted octanol–water partition coefficient (Wildman–Crippen LogP) is 1.65. The number of nitrogens with zero attached hydrogens (tertiary/aromatic N) is 2. The summed E-state index contributed by atoms with van der Waals surface area (Å²) in [5.41, 5.74) is 0. The lowest BCUT2D eigenvalue weighted by Crippen LogP contribution is -2.48. The van der Waals surface area contributed by atoms with Crippen molar-refractivity contribution in [2.75, 3.05) is 46.8 Å². The molecule has 3 heteroatoms. The van der Waals surface area contributed by atoms with Crippen LogP contribution in [-0.4, -0.2) is 62.7 Å². The molecule has 0 aromatic carbocycles. The van der Waals surface area contributed by atoms with Gasteiger partial charge in [-0.3, -0.25) is 0 Å². The zero-order valence-corrected chi connectivity index (χ0v) is 12.2. The molecule has 0 spiro atoms. The molecule has 2 unspecified atom stereocenters. The van der Waals surface area contributed by atoms with Crippen molar-refractivity contribution in [1.82, 2.24) is 15.1 Å². The van der Waals surface area contributed by atoms with E-state index in [-0.39, 0.29) is 0 Å². The van der Waals surface area contributed by atoms with E-state index in [1.54, 1.807) is 0 Å². The molecule has 0 aromatic rings. The van der Waals surface area contributed by atoms with Crippen LogP contribution in [0, 0.1) is 5.92 Å². The Bertz CT molecular complexity index is 194. The van der Waals surface area contributed by atoms with E-state index in [1.807, 2.05) is 0 Å². The number of likely N-dealkylation sites (tertiary alicyclic amines) is 1. The van der Waals surface area contributed by atoms with Crippen molar-refractivity contribution in [3.05, 3.63) is 0 Å². The molecule has 2 atom stereocenters. The lowest BCUT2D eigenvalue weighted by atomic mass is 9.93. The molecule has 1 aliphatic heterocycles. The minimum atomic E-state index is 0.748. The van der Waals surface area contributed by atoms with E-state index < -0.39 is 0 Å². The van der Waals surface area contributed by atoms with Gasteiger partial charge in [-0.15, -0.1) is 0 Å². The van der Waals surface area contributed by atoms with Gasteiger partial charge in [0.15, 0.2) is 0 Å². The second kappa shape index (κ2) is 8.06. The van der Waals surface area contributed by atoms with Crippen LogP contribution in [0.2, 0.25) is 0 Å². The number of piperidine rings is 1. The first-order valence-electron chi connectivity index (χ1n) is 7.24. The van der Waals surface area contributed by atoms with Crippen LogP contribution in [-0.2, 0) is 0 Å². The van der Waals surface area contributed by atoms with Crippen LogP contribution in [0.15, 0.2) is 0 Å². The van der Waals surface area contributed by atoms with E-state index in [2.05, 4.69) is 43.1 Å². The number of unbranched alkanes of at least 4 members (excludes halogenated alkanes) is 1. The minimum absolute atomic E-state index is 0.748. The van der Waals surface area contributed by atoms with E-state index >= 15 is 0 Å². The Morgan fingerprint density at radius 2 is 2.06 bits per heavy atom. The van der Waals surface area contributed by atoms with Gasteiger partial charge in [-0.2, -0.15) is 0 Å². The second-order valence-corrected chi connectivity index (χ2v) is 5.74. The monoisotopic (exact) mass is 241 g/mol. The van der Waals surface area contributed by atoms with E-state index in [0.717, 1.165) is 18.5 Å². The van der Waals surface area contributed by atoms with Gasteiger partial charge in [-0.25, -0.2) is 0 Å². The first-order valence-corrected chi connectivity index (χ1v) is 7.24. The smallest absolute Gasteiger partial charge is 0.0117 e. The molecule has 0 aromatic heterocycles. The van der Waals surface area contributed by atoms with E-state index in [9.17, 15) is 0 Å². The standard InChI is InChI=1S/C14H31N3/c1-5-15-14-8-11-17(12-13(14)2)10-7-6-9-16(3)4/h13-15H,5-12H2,1-4H3. The predicted molar refractivity (Wildman–Crippen MR) is 75.5 cm³/mol. The summed E-state index contributed by atoms with van der Waals surface area (Å²) < 4.78 is 0. The Labute approximate surface area is 108 Å². The molecule has 0 bridgehead atoms. The maximum atomic E-state index is 3.60. The summed E-state index contributed by atoms with van der Waals surface area (Å²) in [4.78, 5) is 4.92. The first-order chi connectivity index (χ1) is 8.13. The molecule has 1 rings (SSSR count). The van der Waals surface area contributed by atoms with Gasteiger partial charge in [0, 0.05) is 12.6 Å². The molecule has 0 radical (unpaired) electrons. The summed E-state index contributed by atoms with van der Waals surface area (Å²) in [6, 6.07) is 0.748. The third-order valence-corrected chi connectivity index (χ3v) is 3.79. The highest BCUT2D eigenvalue weighted by molar-refractivity contribution is 4.82. The zero-order chi connectivity index (χ0) is 12.7. The van der Waals surface area contributed by atoms with Crippen molar-refractivity contribution < 1.29 is 0 Å². The third-order valence-electron chi connectivity index (χ3n) is 3.79. The molecule has 0 aliphatic carbocycles. The normalized spacial score (nSPS) is 26.6. The Hall–Kier alpha value is -0.120. The summed E-state index contributed by atoms with van der Waals surface area (Å²) in [6.07, 6.45) is 3.99. The fourth-order valence-corrected chi connectivity index (χ4v) is 2.76. The number of hydrogen-bond donors (Lipinski definition) is 1. The average molecular weight is 241 g/mol. The van der Waals surface area contributed by atoms with Gasteiger partial charge in [0.05, 0.1) is 0 Å². The minimum Gasteiger partial charge on any atom is -0.314 e. The fraction of sp³-hybridized carbons (Fsp3) is 1.00. The molecule has 0 saturated carbocycles. The van der Waals surface area contributed by atoms with E-state index in [1.165, 1.54) is 45.4 Å². The number of rotatable bonds is 7.